The van der Waals surface area contributed by atoms with E-state index in [0.29, 0.717) is 23.7 Å². The number of Topliss-reactive ketones (excluding diaryl/α,β-unsaturated/α-hetero) is 1. The van der Waals surface area contributed by atoms with E-state index < -0.39 is 12.0 Å². The van der Waals surface area contributed by atoms with Crippen molar-refractivity contribution in [2.24, 2.45) is 56.2 Å². The van der Waals surface area contributed by atoms with Gasteiger partial charge in [0, 0.05) is 49.0 Å². The van der Waals surface area contributed by atoms with Gasteiger partial charge in [0.1, 0.15) is 12.7 Å². The second-order valence-corrected chi connectivity index (χ2v) is 20.5. The third-order valence-corrected chi connectivity index (χ3v) is 17.1. The number of piperazine rings is 1. The monoisotopic (exact) mass is 697 g/mol. The predicted octanol–water partition coefficient (Wildman–Crippen LogP) is 7.29. The Morgan fingerprint density at radius 1 is 0.880 bits per heavy atom. The molecular formula is C43H72N2O5. The average Bonchev–Trinajstić information content (AvgIpc) is 3.44. The summed E-state index contributed by atoms with van der Waals surface area (Å²) in [6.45, 7) is 25.4. The Labute approximate surface area is 304 Å². The number of aliphatic hydroxyl groups is 2. The van der Waals surface area contributed by atoms with Gasteiger partial charge in [-0.1, -0.05) is 73.5 Å². The molecule has 1 heterocycles. The summed E-state index contributed by atoms with van der Waals surface area (Å²) in [5.41, 5.74) is 2.78. The fraction of sp³-hybridized carbons (Fsp3) is 0.907. The highest BCUT2D eigenvalue weighted by Gasteiger charge is 2.70. The minimum Gasteiger partial charge on any atom is -0.462 e. The van der Waals surface area contributed by atoms with E-state index in [4.69, 9.17) is 4.74 Å². The zero-order chi connectivity index (χ0) is 36.7. The SMILES string of the molecule is CC(C)C1=C2[C@H]3CC[C@@H]4[C@@]5(C)CC[C@H](OC(=O)CC(C)(C)C(=O)CO)C(C)(C)[C@@H]5CC[C@@]4(C)[C@]3(C)CC[C@@]2(C(O)CN2CCN(C)CC2)CC1. The summed E-state index contributed by atoms with van der Waals surface area (Å²) >= 11 is 0. The van der Waals surface area contributed by atoms with Crippen LogP contribution in [0.5, 0.6) is 0 Å². The number of aliphatic hydroxyl groups excluding tert-OH is 2. The van der Waals surface area contributed by atoms with Crippen LogP contribution in [0.25, 0.3) is 0 Å². The van der Waals surface area contributed by atoms with Gasteiger partial charge < -0.3 is 19.8 Å². The molecule has 284 valence electrons. The quantitative estimate of drug-likeness (QED) is 0.193. The van der Waals surface area contributed by atoms with Crippen molar-refractivity contribution in [3.8, 4) is 0 Å². The van der Waals surface area contributed by atoms with Crippen LogP contribution in [0, 0.1) is 56.2 Å². The van der Waals surface area contributed by atoms with Crippen molar-refractivity contribution in [3.05, 3.63) is 11.1 Å². The normalized spacial score (nSPS) is 41.2. The van der Waals surface area contributed by atoms with Crippen LogP contribution in [0.15, 0.2) is 11.1 Å². The van der Waals surface area contributed by atoms with Crippen molar-refractivity contribution in [1.29, 1.82) is 0 Å². The topological polar surface area (TPSA) is 90.3 Å². The third kappa shape index (κ3) is 5.89. The number of likely N-dealkylation sites (N-methyl/N-ethyl adjacent to an activating group) is 1. The van der Waals surface area contributed by atoms with Crippen LogP contribution in [0.1, 0.15) is 133 Å². The molecule has 0 spiro atoms. The molecule has 4 saturated carbocycles. The van der Waals surface area contributed by atoms with Gasteiger partial charge in [0.05, 0.1) is 12.5 Å². The molecule has 9 atom stereocenters. The number of carbonyl (C=O) groups is 2. The summed E-state index contributed by atoms with van der Waals surface area (Å²) in [5.74, 6) is 1.48. The molecule has 7 nitrogen and oxygen atoms in total. The van der Waals surface area contributed by atoms with Crippen LogP contribution in [0.3, 0.4) is 0 Å². The number of hydrogen-bond acceptors (Lipinski definition) is 7. The lowest BCUT2D eigenvalue weighted by Crippen LogP contribution is -2.66. The maximum atomic E-state index is 13.2. The summed E-state index contributed by atoms with van der Waals surface area (Å²) < 4.78 is 6.26. The van der Waals surface area contributed by atoms with Crippen LogP contribution in [-0.2, 0) is 14.3 Å². The van der Waals surface area contributed by atoms with Gasteiger partial charge in [-0.25, -0.2) is 0 Å². The van der Waals surface area contributed by atoms with E-state index in [0.717, 1.165) is 71.2 Å². The van der Waals surface area contributed by atoms with Gasteiger partial charge in [-0.15, -0.1) is 0 Å². The van der Waals surface area contributed by atoms with Gasteiger partial charge in [-0.2, -0.15) is 0 Å². The molecule has 1 aliphatic heterocycles. The summed E-state index contributed by atoms with van der Waals surface area (Å²) in [5, 5.41) is 21.7. The fourth-order valence-corrected chi connectivity index (χ4v) is 13.7. The third-order valence-electron chi connectivity index (χ3n) is 17.1. The van der Waals surface area contributed by atoms with E-state index in [9.17, 15) is 19.8 Å². The molecule has 7 heteroatoms. The first-order valence-electron chi connectivity index (χ1n) is 20.4. The largest absolute Gasteiger partial charge is 0.462 e. The number of carbonyl (C=O) groups excluding carboxylic acids is 2. The Kier molecular flexibility index (Phi) is 10.2. The zero-order valence-electron chi connectivity index (χ0n) is 33.5. The first-order chi connectivity index (χ1) is 23.3. The van der Waals surface area contributed by atoms with Crippen molar-refractivity contribution >= 4 is 11.8 Å². The lowest BCUT2D eigenvalue weighted by Gasteiger charge is -2.72. The van der Waals surface area contributed by atoms with Gasteiger partial charge in [-0.05, 0) is 111 Å². The van der Waals surface area contributed by atoms with Crippen molar-refractivity contribution in [3.63, 3.8) is 0 Å². The molecule has 1 unspecified atom stereocenters. The molecule has 5 fully saturated rings. The van der Waals surface area contributed by atoms with Crippen LogP contribution >= 0.6 is 0 Å². The highest BCUT2D eigenvalue weighted by Crippen LogP contribution is 2.77. The van der Waals surface area contributed by atoms with E-state index in [2.05, 4.69) is 65.3 Å². The molecule has 2 N–H and O–H groups in total. The molecule has 0 radical (unpaired) electrons. The van der Waals surface area contributed by atoms with Gasteiger partial charge in [-0.3, -0.25) is 14.5 Å². The minimum atomic E-state index is -0.928. The highest BCUT2D eigenvalue weighted by molar-refractivity contribution is 5.89. The van der Waals surface area contributed by atoms with Crippen LogP contribution in [0.2, 0.25) is 0 Å². The summed E-state index contributed by atoms with van der Waals surface area (Å²) in [7, 11) is 2.21. The number of ether oxygens (including phenoxy) is 1. The van der Waals surface area contributed by atoms with Crippen molar-refractivity contribution in [2.75, 3.05) is 46.4 Å². The van der Waals surface area contributed by atoms with Gasteiger partial charge in [0.15, 0.2) is 5.78 Å². The molecule has 0 aromatic rings. The van der Waals surface area contributed by atoms with E-state index in [1.165, 1.54) is 25.7 Å². The maximum absolute atomic E-state index is 13.2. The summed E-state index contributed by atoms with van der Waals surface area (Å²) in [4.78, 5) is 30.5. The van der Waals surface area contributed by atoms with Gasteiger partial charge >= 0.3 is 5.97 Å². The maximum Gasteiger partial charge on any atom is 0.307 e. The molecule has 0 aromatic heterocycles. The fourth-order valence-electron chi connectivity index (χ4n) is 13.7. The molecule has 6 rings (SSSR count). The van der Waals surface area contributed by atoms with Gasteiger partial charge in [0.2, 0.25) is 0 Å². The molecule has 5 aliphatic carbocycles. The number of rotatable bonds is 9. The standard InChI is InChI=1S/C43H72N2O5/c1-28(2)29-13-18-43(33(47)26-45-23-21-44(10)22-24-45)20-19-41(8)30(37(29)43)11-12-32-40(7)16-15-35(39(5,6)31(40)14-17-42(32,41)9)50-36(49)25-38(3,4)34(48)27-46/h28,30-33,35,46-47H,11-27H2,1-10H3/t30-,31+,32-,33?,35+,40+,41-,42-,43-/m1/s1. The van der Waals surface area contributed by atoms with Crippen LogP contribution in [0.4, 0.5) is 0 Å². The molecular weight excluding hydrogens is 624 g/mol. The van der Waals surface area contributed by atoms with E-state index in [1.54, 1.807) is 25.0 Å². The Hall–Kier alpha value is -1.28. The lowest BCUT2D eigenvalue weighted by atomic mass is 9.33. The summed E-state index contributed by atoms with van der Waals surface area (Å²) in [6, 6.07) is 0. The number of β-amino-alcohol motifs (C(OH)–C–C–N with tert-alkyl or cyclic N) is 1. The van der Waals surface area contributed by atoms with E-state index in [1.807, 2.05) is 0 Å². The second kappa shape index (κ2) is 13.2. The second-order valence-electron chi connectivity index (χ2n) is 20.5. The average molecular weight is 697 g/mol. The molecule has 0 aromatic carbocycles. The van der Waals surface area contributed by atoms with Gasteiger partial charge in [0.25, 0.3) is 0 Å². The Balaban J connectivity index is 1.25. The molecule has 6 aliphatic rings. The zero-order valence-corrected chi connectivity index (χ0v) is 33.5. The number of hydrogen-bond donors (Lipinski definition) is 2. The Morgan fingerprint density at radius 2 is 1.56 bits per heavy atom. The van der Waals surface area contributed by atoms with Crippen molar-refractivity contribution in [1.82, 2.24) is 9.80 Å². The number of ketones is 1. The van der Waals surface area contributed by atoms with Crippen LogP contribution < -0.4 is 0 Å². The molecule has 1 saturated heterocycles. The van der Waals surface area contributed by atoms with E-state index >= 15 is 0 Å². The lowest BCUT2D eigenvalue weighted by molar-refractivity contribution is -0.235. The van der Waals surface area contributed by atoms with Crippen molar-refractivity contribution in [2.45, 2.75) is 145 Å². The smallest absolute Gasteiger partial charge is 0.307 e. The van der Waals surface area contributed by atoms with Crippen LogP contribution in [-0.4, -0.2) is 90.4 Å². The molecule has 0 bridgehead atoms. The highest BCUT2D eigenvalue weighted by atomic mass is 16.5. The number of nitrogens with zero attached hydrogens (tertiary/aromatic N) is 2. The first kappa shape index (κ1) is 38.4. The minimum absolute atomic E-state index is 0.00112. The summed E-state index contributed by atoms with van der Waals surface area (Å²) in [6.07, 6.45) is 10.9. The number of esters is 1. The van der Waals surface area contributed by atoms with Crippen molar-refractivity contribution < 1.29 is 24.5 Å². The number of fused-ring (bicyclic) bond motifs is 7. The predicted molar refractivity (Wildman–Crippen MR) is 199 cm³/mol. The first-order valence-corrected chi connectivity index (χ1v) is 20.4. The molecule has 0 amide bonds. The Bertz CT molecular complexity index is 1350. The molecule has 50 heavy (non-hydrogen) atoms. The van der Waals surface area contributed by atoms with E-state index in [-0.39, 0.29) is 57.5 Å². The Morgan fingerprint density at radius 3 is 2.20 bits per heavy atom. The number of allylic oxidation sites excluding steroid dienone is 1.